The highest BCUT2D eigenvalue weighted by Crippen LogP contribution is 2.47. The summed E-state index contributed by atoms with van der Waals surface area (Å²) in [7, 11) is 5.98. The number of amides is 1. The maximum absolute atomic E-state index is 13.2. The van der Waals surface area contributed by atoms with Gasteiger partial charge in [-0.25, -0.2) is 9.97 Å². The maximum Gasteiger partial charge on any atom is 0.264 e. The second-order valence-electron chi connectivity index (χ2n) is 10.4. The van der Waals surface area contributed by atoms with Crippen molar-refractivity contribution >= 4 is 33.3 Å². The fourth-order valence-electron chi connectivity index (χ4n) is 6.27. The molecule has 3 aromatic rings. The van der Waals surface area contributed by atoms with Gasteiger partial charge in [0.1, 0.15) is 21.9 Å². The molecule has 2 atom stereocenters. The van der Waals surface area contributed by atoms with E-state index in [9.17, 15) is 4.79 Å². The van der Waals surface area contributed by atoms with Gasteiger partial charge in [-0.15, -0.1) is 11.3 Å². The molecule has 3 fully saturated rings. The minimum Gasteiger partial charge on any atom is -0.350 e. The van der Waals surface area contributed by atoms with E-state index in [1.165, 1.54) is 56.3 Å². The van der Waals surface area contributed by atoms with E-state index in [0.29, 0.717) is 18.1 Å². The van der Waals surface area contributed by atoms with Gasteiger partial charge < -0.3 is 14.7 Å². The molecule has 178 valence electrons. The number of carbonyl (C=O) groups is 1. The molecule has 0 N–H and O–H groups in total. The molecule has 1 aliphatic carbocycles. The first-order chi connectivity index (χ1) is 16.5. The van der Waals surface area contributed by atoms with Gasteiger partial charge in [0.25, 0.3) is 5.91 Å². The first-order valence-corrected chi connectivity index (χ1v) is 13.4. The van der Waals surface area contributed by atoms with Crippen molar-refractivity contribution in [2.75, 3.05) is 26.0 Å². The smallest absolute Gasteiger partial charge is 0.264 e. The van der Waals surface area contributed by atoms with Gasteiger partial charge in [-0.1, -0.05) is 36.8 Å². The van der Waals surface area contributed by atoms with E-state index in [-0.39, 0.29) is 5.91 Å². The lowest BCUT2D eigenvalue weighted by atomic mass is 9.87. The van der Waals surface area contributed by atoms with E-state index in [1.807, 2.05) is 32.3 Å². The number of thiophene rings is 1. The standard InChI is InChI=1S/C27H33N5OS/c1-30(2)27(33)24-22(17-8-5-4-6-9-17)23-25(28-16-29-26(23)34-24)32-19-12-13-20(32)15-21(14-19)31(3)18-10-7-11-18/h4-6,8-9,16,18-21H,7,10-15H2,1-3H3. The lowest BCUT2D eigenvalue weighted by molar-refractivity contribution is 0.0833. The fourth-order valence-corrected chi connectivity index (χ4v) is 7.45. The highest BCUT2D eigenvalue weighted by molar-refractivity contribution is 7.21. The van der Waals surface area contributed by atoms with E-state index in [4.69, 9.17) is 4.98 Å². The number of benzene rings is 1. The van der Waals surface area contributed by atoms with Crippen molar-refractivity contribution in [2.45, 2.75) is 69.1 Å². The number of aromatic nitrogens is 2. The maximum atomic E-state index is 13.2. The Morgan fingerprint density at radius 1 is 0.971 bits per heavy atom. The Morgan fingerprint density at radius 2 is 1.68 bits per heavy atom. The highest BCUT2D eigenvalue weighted by Gasteiger charge is 2.45. The third kappa shape index (κ3) is 3.52. The van der Waals surface area contributed by atoms with E-state index >= 15 is 0 Å². The summed E-state index contributed by atoms with van der Waals surface area (Å²) >= 11 is 1.50. The van der Waals surface area contributed by atoms with Crippen LogP contribution in [0.4, 0.5) is 5.82 Å². The quantitative estimate of drug-likeness (QED) is 0.517. The summed E-state index contributed by atoms with van der Waals surface area (Å²) in [6.07, 6.45) is 10.6. The summed E-state index contributed by atoms with van der Waals surface area (Å²) in [5, 5.41) is 1.05. The van der Waals surface area contributed by atoms with Crippen LogP contribution in [0.15, 0.2) is 36.7 Å². The van der Waals surface area contributed by atoms with Crippen molar-refractivity contribution < 1.29 is 4.79 Å². The predicted molar refractivity (Wildman–Crippen MR) is 139 cm³/mol. The van der Waals surface area contributed by atoms with Crippen molar-refractivity contribution in [2.24, 2.45) is 0 Å². The molecule has 1 saturated carbocycles. The summed E-state index contributed by atoms with van der Waals surface area (Å²) in [6, 6.07) is 12.7. The Balaban J connectivity index is 1.44. The zero-order chi connectivity index (χ0) is 23.4. The van der Waals surface area contributed by atoms with Crippen LogP contribution in [0.2, 0.25) is 0 Å². The fraction of sp³-hybridized carbons (Fsp3) is 0.519. The number of hydrogen-bond donors (Lipinski definition) is 0. The molecule has 6 rings (SSSR count). The van der Waals surface area contributed by atoms with Crippen LogP contribution in [0.1, 0.15) is 54.6 Å². The second kappa shape index (κ2) is 8.61. The minimum atomic E-state index is 0.0246. The van der Waals surface area contributed by atoms with E-state index in [0.717, 1.165) is 38.1 Å². The Kier molecular flexibility index (Phi) is 5.57. The van der Waals surface area contributed by atoms with Crippen molar-refractivity contribution in [1.82, 2.24) is 19.8 Å². The number of fused-ring (bicyclic) bond motifs is 3. The summed E-state index contributed by atoms with van der Waals surface area (Å²) < 4.78 is 0. The van der Waals surface area contributed by atoms with E-state index in [1.54, 1.807) is 11.2 Å². The summed E-state index contributed by atoms with van der Waals surface area (Å²) in [5.74, 6) is 1.05. The molecule has 6 nitrogen and oxygen atoms in total. The van der Waals surface area contributed by atoms with Crippen LogP contribution in [-0.2, 0) is 0 Å². The van der Waals surface area contributed by atoms with Gasteiger partial charge in [-0.3, -0.25) is 4.79 Å². The van der Waals surface area contributed by atoms with Gasteiger partial charge in [-0.05, 0) is 51.1 Å². The van der Waals surface area contributed by atoms with Gasteiger partial charge in [0, 0.05) is 43.8 Å². The minimum absolute atomic E-state index is 0.0246. The molecule has 34 heavy (non-hydrogen) atoms. The topological polar surface area (TPSA) is 52.6 Å². The zero-order valence-electron chi connectivity index (χ0n) is 20.3. The van der Waals surface area contributed by atoms with Crippen molar-refractivity contribution in [1.29, 1.82) is 0 Å². The SMILES string of the molecule is CN(C)C(=O)c1sc2ncnc(N3C4CCC3CC(N(C)C3CCC3)C4)c2c1-c1ccccc1. The summed E-state index contributed by atoms with van der Waals surface area (Å²) in [6.45, 7) is 0. The Morgan fingerprint density at radius 3 is 2.29 bits per heavy atom. The van der Waals surface area contributed by atoms with Crippen molar-refractivity contribution in [3.8, 4) is 11.1 Å². The molecule has 1 amide bonds. The van der Waals surface area contributed by atoms with Gasteiger partial charge in [-0.2, -0.15) is 0 Å². The molecule has 2 saturated heterocycles. The van der Waals surface area contributed by atoms with Gasteiger partial charge in [0.15, 0.2) is 0 Å². The number of nitrogens with zero attached hydrogens (tertiary/aromatic N) is 5. The summed E-state index contributed by atoms with van der Waals surface area (Å²) in [4.78, 5) is 31.3. The predicted octanol–water partition coefficient (Wildman–Crippen LogP) is 5.04. The molecule has 7 heteroatoms. The molecule has 2 bridgehead atoms. The highest BCUT2D eigenvalue weighted by atomic mass is 32.1. The molecular formula is C27H33N5OS. The van der Waals surface area contributed by atoms with Crippen LogP contribution < -0.4 is 4.90 Å². The third-order valence-electron chi connectivity index (χ3n) is 8.31. The van der Waals surface area contributed by atoms with Gasteiger partial charge >= 0.3 is 0 Å². The van der Waals surface area contributed by atoms with Gasteiger partial charge in [0.05, 0.1) is 5.39 Å². The van der Waals surface area contributed by atoms with Crippen LogP contribution in [-0.4, -0.2) is 71.0 Å². The first-order valence-electron chi connectivity index (χ1n) is 12.6. The second-order valence-corrected chi connectivity index (χ2v) is 11.4. The number of piperidine rings is 1. The van der Waals surface area contributed by atoms with Crippen molar-refractivity contribution in [3.05, 3.63) is 41.5 Å². The van der Waals surface area contributed by atoms with Crippen LogP contribution in [0.3, 0.4) is 0 Å². The average Bonchev–Trinajstić information content (AvgIpc) is 3.32. The zero-order valence-corrected chi connectivity index (χ0v) is 21.1. The van der Waals surface area contributed by atoms with Crippen LogP contribution in [0, 0.1) is 0 Å². The van der Waals surface area contributed by atoms with E-state index in [2.05, 4.69) is 34.0 Å². The molecule has 4 heterocycles. The molecule has 3 aliphatic rings. The molecule has 2 aliphatic heterocycles. The van der Waals surface area contributed by atoms with Crippen LogP contribution in [0.5, 0.6) is 0 Å². The molecule has 2 unspecified atom stereocenters. The largest absolute Gasteiger partial charge is 0.350 e. The Hall–Kier alpha value is -2.51. The molecule has 2 aromatic heterocycles. The number of carbonyl (C=O) groups excluding carboxylic acids is 1. The summed E-state index contributed by atoms with van der Waals surface area (Å²) in [5.41, 5.74) is 2.05. The molecule has 0 spiro atoms. The van der Waals surface area contributed by atoms with E-state index < -0.39 is 0 Å². The Labute approximate surface area is 205 Å². The third-order valence-corrected chi connectivity index (χ3v) is 9.40. The monoisotopic (exact) mass is 475 g/mol. The Bertz CT molecular complexity index is 1190. The van der Waals surface area contributed by atoms with Gasteiger partial charge in [0.2, 0.25) is 0 Å². The lowest BCUT2D eigenvalue weighted by Crippen LogP contribution is -2.53. The van der Waals surface area contributed by atoms with Crippen LogP contribution >= 0.6 is 11.3 Å². The van der Waals surface area contributed by atoms with Crippen LogP contribution in [0.25, 0.3) is 21.3 Å². The number of rotatable bonds is 5. The molecule has 0 radical (unpaired) electrons. The molecule has 1 aromatic carbocycles. The lowest BCUT2D eigenvalue weighted by Gasteiger charge is -2.47. The average molecular weight is 476 g/mol. The number of anilines is 1. The first kappa shape index (κ1) is 22.0. The normalized spacial score (nSPS) is 24.6. The number of hydrogen-bond acceptors (Lipinski definition) is 6. The van der Waals surface area contributed by atoms with Crippen molar-refractivity contribution in [3.63, 3.8) is 0 Å². The molecular weight excluding hydrogens is 442 g/mol.